The van der Waals surface area contributed by atoms with E-state index in [9.17, 15) is 30.3 Å². The molecule has 172 valence electrons. The summed E-state index contributed by atoms with van der Waals surface area (Å²) in [6.07, 6.45) is -4.19. The molecule has 1 rings (SSSR count). The number of nitrogens with one attached hydrogen (secondary N) is 1. The third-order valence-electron chi connectivity index (χ3n) is 6.46. The average Bonchev–Trinajstić information content (AvgIpc) is 2.65. The van der Waals surface area contributed by atoms with Crippen molar-refractivity contribution in [2.75, 3.05) is 6.54 Å². The van der Waals surface area contributed by atoms with Crippen molar-refractivity contribution in [2.24, 2.45) is 17.8 Å². The molecular formula is C21H41NO7. The Bertz CT molecular complexity index is 539. The lowest BCUT2D eigenvalue weighted by Crippen LogP contribution is -2.58. The van der Waals surface area contributed by atoms with Crippen molar-refractivity contribution in [1.29, 1.82) is 0 Å². The lowest BCUT2D eigenvalue weighted by molar-refractivity contribution is -0.190. The third kappa shape index (κ3) is 6.12. The van der Waals surface area contributed by atoms with Crippen molar-refractivity contribution in [3.05, 3.63) is 0 Å². The molecule has 0 bridgehead atoms. The number of ether oxygens (including phenoxy) is 1. The number of hydrogen-bond donors (Lipinski definition) is 6. The summed E-state index contributed by atoms with van der Waals surface area (Å²) in [5.74, 6) is -2.58. The van der Waals surface area contributed by atoms with Gasteiger partial charge in [-0.3, -0.25) is 4.79 Å². The van der Waals surface area contributed by atoms with E-state index in [0.717, 1.165) is 0 Å². The van der Waals surface area contributed by atoms with Gasteiger partial charge in [-0.1, -0.05) is 20.8 Å². The number of aliphatic hydroxyl groups excluding tert-OH is 3. The van der Waals surface area contributed by atoms with Gasteiger partial charge in [-0.2, -0.15) is 0 Å². The van der Waals surface area contributed by atoms with E-state index in [1.54, 1.807) is 20.8 Å². The maximum atomic E-state index is 12.6. The summed E-state index contributed by atoms with van der Waals surface area (Å²) < 4.78 is 5.47. The number of carbonyl (C=O) groups is 1. The predicted molar refractivity (Wildman–Crippen MR) is 109 cm³/mol. The van der Waals surface area contributed by atoms with Crippen LogP contribution in [-0.2, 0) is 9.53 Å². The van der Waals surface area contributed by atoms with Gasteiger partial charge in [0.1, 0.15) is 17.8 Å². The van der Waals surface area contributed by atoms with Crippen molar-refractivity contribution in [1.82, 2.24) is 5.32 Å². The molecule has 0 saturated carbocycles. The maximum Gasteiger partial charge on any atom is 0.311 e. The molecule has 0 radical (unpaired) electrons. The Hall–Kier alpha value is -0.770. The van der Waals surface area contributed by atoms with Crippen LogP contribution in [0.1, 0.15) is 61.3 Å². The van der Waals surface area contributed by atoms with Crippen LogP contribution >= 0.6 is 0 Å². The highest BCUT2D eigenvalue weighted by molar-refractivity contribution is 5.73. The van der Waals surface area contributed by atoms with Crippen LogP contribution in [0.5, 0.6) is 0 Å². The van der Waals surface area contributed by atoms with Gasteiger partial charge in [0, 0.05) is 12.0 Å². The minimum Gasteiger partial charge on any atom is -0.459 e. The molecule has 0 aliphatic carbocycles. The Kier molecular flexibility index (Phi) is 9.08. The fraction of sp³-hybridized carbons (Fsp3) is 0.952. The highest BCUT2D eigenvalue weighted by atomic mass is 16.6. The molecule has 0 aromatic carbocycles. The van der Waals surface area contributed by atoms with Crippen molar-refractivity contribution in [3.8, 4) is 0 Å². The van der Waals surface area contributed by atoms with Gasteiger partial charge in [0.25, 0.3) is 0 Å². The van der Waals surface area contributed by atoms with Crippen molar-refractivity contribution in [2.45, 2.75) is 103 Å². The fourth-order valence-electron chi connectivity index (χ4n) is 4.31. The first kappa shape index (κ1) is 26.3. The first-order valence-electron chi connectivity index (χ1n) is 10.6. The van der Waals surface area contributed by atoms with Crippen LogP contribution < -0.4 is 5.32 Å². The quantitative estimate of drug-likeness (QED) is 0.331. The van der Waals surface area contributed by atoms with Gasteiger partial charge in [0.2, 0.25) is 0 Å². The summed E-state index contributed by atoms with van der Waals surface area (Å²) in [6.45, 7) is 11.8. The lowest BCUT2D eigenvalue weighted by Gasteiger charge is -2.39. The third-order valence-corrected chi connectivity index (χ3v) is 6.46. The van der Waals surface area contributed by atoms with Gasteiger partial charge in [-0.25, -0.2) is 0 Å². The lowest BCUT2D eigenvalue weighted by atomic mass is 9.78. The molecular weight excluding hydrogens is 378 g/mol. The van der Waals surface area contributed by atoms with Gasteiger partial charge in [0.15, 0.2) is 0 Å². The number of carbonyl (C=O) groups excluding carboxylic acids is 1. The zero-order valence-electron chi connectivity index (χ0n) is 18.8. The molecule has 0 aromatic heterocycles. The fourth-order valence-corrected chi connectivity index (χ4v) is 4.31. The highest BCUT2D eigenvalue weighted by Gasteiger charge is 2.46. The number of hydrogen-bond acceptors (Lipinski definition) is 8. The summed E-state index contributed by atoms with van der Waals surface area (Å²) in [6, 6.07) is -0.512. The molecule has 0 spiro atoms. The largest absolute Gasteiger partial charge is 0.459 e. The predicted octanol–water partition coefficient (Wildman–Crippen LogP) is 0.183. The standard InChI is InChI=1S/C21H41NO7/c1-8-15-21(7,28)18(25)14(5)22-10-11(2)9-20(6,27)17(24)12(3)16(23)13(4)19(26)29-15/h11-18,22-25,27-28H,8-10H2,1-7H3/t11-,12+,13-,14-,15-,16?,17-,18-,20-,21-/m1/s1. The average molecular weight is 420 g/mol. The second-order valence-electron chi connectivity index (χ2n) is 9.45. The van der Waals surface area contributed by atoms with E-state index < -0.39 is 59.5 Å². The van der Waals surface area contributed by atoms with Crippen LogP contribution in [0, 0.1) is 17.8 Å². The summed E-state index contributed by atoms with van der Waals surface area (Å²) in [5.41, 5.74) is -3.19. The van der Waals surface area contributed by atoms with E-state index in [2.05, 4.69) is 5.32 Å². The van der Waals surface area contributed by atoms with Crippen LogP contribution in [0.3, 0.4) is 0 Å². The summed E-state index contributed by atoms with van der Waals surface area (Å²) in [7, 11) is 0. The number of cyclic esters (lactones) is 1. The Morgan fingerprint density at radius 1 is 1.07 bits per heavy atom. The zero-order chi connectivity index (χ0) is 22.7. The molecule has 8 nitrogen and oxygen atoms in total. The molecule has 6 N–H and O–H groups in total. The highest BCUT2D eigenvalue weighted by Crippen LogP contribution is 2.31. The summed E-state index contributed by atoms with van der Waals surface area (Å²) >= 11 is 0. The molecule has 1 heterocycles. The molecule has 1 fully saturated rings. The van der Waals surface area contributed by atoms with E-state index >= 15 is 0 Å². The topological polar surface area (TPSA) is 139 Å². The SMILES string of the molecule is CC[C@H]1OC(=O)[C@H](C)C(O)[C@H](C)[C@@H](O)[C@](C)(O)C[C@@H](C)CN[C@H](C)[C@@H](O)[C@]1(C)O. The van der Waals surface area contributed by atoms with Crippen molar-refractivity contribution >= 4 is 5.97 Å². The van der Waals surface area contributed by atoms with Crippen molar-refractivity contribution in [3.63, 3.8) is 0 Å². The molecule has 8 heteroatoms. The van der Waals surface area contributed by atoms with Crippen LogP contribution in [0.4, 0.5) is 0 Å². The summed E-state index contributed by atoms with van der Waals surface area (Å²) in [5, 5.41) is 56.9. The van der Waals surface area contributed by atoms with Crippen LogP contribution in [0.25, 0.3) is 0 Å². The van der Waals surface area contributed by atoms with Crippen molar-refractivity contribution < 1.29 is 35.1 Å². The minimum absolute atomic E-state index is 0.0639. The normalized spacial score (nSPS) is 49.0. The van der Waals surface area contributed by atoms with E-state index in [1.165, 1.54) is 20.8 Å². The maximum absolute atomic E-state index is 12.6. The van der Waals surface area contributed by atoms with E-state index in [4.69, 9.17) is 4.74 Å². The Morgan fingerprint density at radius 3 is 2.14 bits per heavy atom. The van der Waals surface area contributed by atoms with Crippen LogP contribution in [0.15, 0.2) is 0 Å². The van der Waals surface area contributed by atoms with E-state index in [0.29, 0.717) is 6.54 Å². The van der Waals surface area contributed by atoms with Crippen LogP contribution in [-0.4, -0.2) is 79.7 Å². The molecule has 0 amide bonds. The van der Waals surface area contributed by atoms with E-state index in [-0.39, 0.29) is 18.8 Å². The number of aliphatic hydroxyl groups is 5. The number of esters is 1. The minimum atomic E-state index is -1.71. The molecule has 10 atom stereocenters. The molecule has 1 saturated heterocycles. The molecule has 0 aromatic rings. The smallest absolute Gasteiger partial charge is 0.311 e. The Morgan fingerprint density at radius 2 is 1.62 bits per heavy atom. The molecule has 1 unspecified atom stereocenters. The van der Waals surface area contributed by atoms with Gasteiger partial charge in [0.05, 0.1) is 23.7 Å². The first-order valence-corrected chi connectivity index (χ1v) is 10.6. The monoisotopic (exact) mass is 419 g/mol. The van der Waals surface area contributed by atoms with Gasteiger partial charge >= 0.3 is 5.97 Å². The van der Waals surface area contributed by atoms with E-state index in [1.807, 2.05) is 6.92 Å². The van der Waals surface area contributed by atoms with Gasteiger partial charge in [-0.15, -0.1) is 0 Å². The van der Waals surface area contributed by atoms with Gasteiger partial charge in [-0.05, 0) is 53.0 Å². The first-order chi connectivity index (χ1) is 13.2. The Labute approximate surface area is 174 Å². The summed E-state index contributed by atoms with van der Waals surface area (Å²) in [4.78, 5) is 12.6. The molecule has 1 aliphatic rings. The van der Waals surface area contributed by atoms with Gasteiger partial charge < -0.3 is 35.6 Å². The number of rotatable bonds is 1. The second kappa shape index (κ2) is 10.0. The zero-order valence-corrected chi connectivity index (χ0v) is 18.8. The second-order valence-corrected chi connectivity index (χ2v) is 9.45. The molecule has 29 heavy (non-hydrogen) atoms. The van der Waals surface area contributed by atoms with Crippen LogP contribution in [0.2, 0.25) is 0 Å². The Balaban J connectivity index is 3.28. The molecule has 1 aliphatic heterocycles.